The molecule has 0 aromatic heterocycles. The van der Waals surface area contributed by atoms with Crippen molar-refractivity contribution < 1.29 is 17.0 Å². The van der Waals surface area contributed by atoms with E-state index in [1.54, 1.807) is 12.1 Å². The van der Waals surface area contributed by atoms with Crippen LogP contribution in [0.15, 0.2) is 24.3 Å². The van der Waals surface area contributed by atoms with Crippen molar-refractivity contribution in [2.24, 2.45) is 5.92 Å². The molecule has 0 spiro atoms. The zero-order valence-electron chi connectivity index (χ0n) is 11.8. The van der Waals surface area contributed by atoms with Gasteiger partial charge < -0.3 is 4.90 Å². The predicted octanol–water partition coefficient (Wildman–Crippen LogP) is 1.84. The second-order valence-corrected chi connectivity index (χ2v) is 7.10. The van der Waals surface area contributed by atoms with Crippen LogP contribution in [0.5, 0.6) is 0 Å². The molecule has 2 rings (SSSR count). The molecule has 0 saturated carbocycles. The molecule has 1 fully saturated rings. The maximum atomic E-state index is 13.0. The number of nitrogens with zero attached hydrogens (tertiary/aromatic N) is 1. The maximum Gasteiger partial charge on any atom is 0.264 e. The van der Waals surface area contributed by atoms with E-state index in [0.717, 1.165) is 31.3 Å². The fourth-order valence-corrected chi connectivity index (χ4v) is 3.16. The van der Waals surface area contributed by atoms with Crippen molar-refractivity contribution in [3.63, 3.8) is 0 Å². The summed E-state index contributed by atoms with van der Waals surface area (Å²) in [6.45, 7) is 1.89. The van der Waals surface area contributed by atoms with Gasteiger partial charge in [-0.1, -0.05) is 12.1 Å². The quantitative estimate of drug-likeness (QED) is 0.796. The molecular weight excluding hydrogens is 281 g/mol. The van der Waals surface area contributed by atoms with Gasteiger partial charge in [0.05, 0.1) is 12.9 Å². The van der Waals surface area contributed by atoms with Gasteiger partial charge in [0.2, 0.25) is 0 Å². The van der Waals surface area contributed by atoms with E-state index in [-0.39, 0.29) is 24.3 Å². The van der Waals surface area contributed by atoms with E-state index in [2.05, 4.69) is 4.90 Å². The number of halogens is 1. The van der Waals surface area contributed by atoms with Crippen molar-refractivity contribution in [3.05, 3.63) is 35.6 Å². The van der Waals surface area contributed by atoms with Crippen LogP contribution in [0, 0.1) is 11.7 Å². The summed E-state index contributed by atoms with van der Waals surface area (Å²) in [5, 5.41) is 0. The topological polar surface area (TPSA) is 46.6 Å². The molecule has 1 aliphatic rings. The fraction of sp³-hybridized carbons (Fsp3) is 0.571. The van der Waals surface area contributed by atoms with Crippen molar-refractivity contribution in [1.29, 1.82) is 0 Å². The average Bonchev–Trinajstić information content (AvgIpc) is 2.37. The minimum Gasteiger partial charge on any atom is -0.306 e. The van der Waals surface area contributed by atoms with Gasteiger partial charge in [0, 0.05) is 12.5 Å². The first kappa shape index (κ1) is 15.4. The summed E-state index contributed by atoms with van der Waals surface area (Å²) >= 11 is 0. The molecule has 1 aromatic carbocycles. The van der Waals surface area contributed by atoms with Gasteiger partial charge in [0.1, 0.15) is 5.82 Å². The molecule has 0 aliphatic carbocycles. The fourth-order valence-electron chi connectivity index (χ4n) is 2.74. The molecule has 1 heterocycles. The van der Waals surface area contributed by atoms with Crippen LogP contribution in [0.4, 0.5) is 4.39 Å². The van der Waals surface area contributed by atoms with Gasteiger partial charge in [0.25, 0.3) is 10.1 Å². The van der Waals surface area contributed by atoms with Gasteiger partial charge in [0.15, 0.2) is 0 Å². The van der Waals surface area contributed by atoms with Crippen LogP contribution in [0.3, 0.4) is 0 Å². The normalized spacial score (nSPS) is 24.8. The minimum atomic E-state index is -3.43. The van der Waals surface area contributed by atoms with E-state index in [9.17, 15) is 12.8 Å². The van der Waals surface area contributed by atoms with Crippen LogP contribution in [0.25, 0.3) is 0 Å². The van der Waals surface area contributed by atoms with Crippen LogP contribution in [0.2, 0.25) is 0 Å². The molecule has 4 nitrogen and oxygen atoms in total. The zero-order chi connectivity index (χ0) is 14.8. The third-order valence-corrected chi connectivity index (χ3v) is 4.30. The van der Waals surface area contributed by atoms with E-state index in [0.29, 0.717) is 0 Å². The number of benzene rings is 1. The number of piperidine rings is 1. The Kier molecular flexibility index (Phi) is 4.78. The number of hydrogen-bond donors (Lipinski definition) is 0. The molecule has 6 heteroatoms. The second kappa shape index (κ2) is 6.20. The number of rotatable bonds is 4. The first-order chi connectivity index (χ1) is 9.35. The number of likely N-dealkylation sites (tertiary alicyclic amines) is 1. The number of hydrogen-bond acceptors (Lipinski definition) is 4. The lowest BCUT2D eigenvalue weighted by atomic mass is 9.81. The molecule has 2 unspecified atom stereocenters. The van der Waals surface area contributed by atoms with Gasteiger partial charge in [-0.25, -0.2) is 4.39 Å². The van der Waals surface area contributed by atoms with Crippen molar-refractivity contribution in [1.82, 2.24) is 4.90 Å². The Hall–Kier alpha value is -0.980. The third-order valence-electron chi connectivity index (χ3n) is 3.73. The average molecular weight is 301 g/mol. The highest BCUT2D eigenvalue weighted by molar-refractivity contribution is 7.85. The van der Waals surface area contributed by atoms with Crippen molar-refractivity contribution in [2.75, 3.05) is 33.0 Å². The molecule has 0 bridgehead atoms. The van der Waals surface area contributed by atoms with Crippen LogP contribution in [-0.4, -0.2) is 46.3 Å². The minimum absolute atomic E-state index is 0.0916. The Morgan fingerprint density at radius 3 is 2.60 bits per heavy atom. The molecule has 1 aromatic rings. The van der Waals surface area contributed by atoms with E-state index >= 15 is 0 Å². The molecule has 112 valence electrons. The van der Waals surface area contributed by atoms with Crippen molar-refractivity contribution >= 4 is 10.1 Å². The summed E-state index contributed by atoms with van der Waals surface area (Å²) in [7, 11) is -1.42. The molecular formula is C14H20FNO3S. The first-order valence-electron chi connectivity index (χ1n) is 6.63. The largest absolute Gasteiger partial charge is 0.306 e. The van der Waals surface area contributed by atoms with Crippen LogP contribution in [0.1, 0.15) is 17.9 Å². The summed E-state index contributed by atoms with van der Waals surface area (Å²) in [5.41, 5.74) is 1.04. The monoisotopic (exact) mass is 301 g/mol. The summed E-state index contributed by atoms with van der Waals surface area (Å²) in [4.78, 5) is 2.16. The van der Waals surface area contributed by atoms with Gasteiger partial charge in [-0.2, -0.15) is 8.42 Å². The highest BCUT2D eigenvalue weighted by Gasteiger charge is 2.30. The van der Waals surface area contributed by atoms with E-state index < -0.39 is 10.1 Å². The smallest absolute Gasteiger partial charge is 0.264 e. The standard InChI is InChI=1S/C14H20FNO3S/c1-16-8-7-14(11-3-5-13(15)6-4-11)12(9-16)10-19-20(2,17)18/h3-6,12,14H,7-10H2,1-2H3. The van der Waals surface area contributed by atoms with Gasteiger partial charge in [-0.15, -0.1) is 0 Å². The maximum absolute atomic E-state index is 13.0. The lowest BCUT2D eigenvalue weighted by Gasteiger charge is -2.36. The highest BCUT2D eigenvalue weighted by Crippen LogP contribution is 2.33. The summed E-state index contributed by atoms with van der Waals surface area (Å²) in [5.74, 6) is 0.0353. The van der Waals surface area contributed by atoms with E-state index in [4.69, 9.17) is 4.18 Å². The molecule has 0 radical (unpaired) electrons. The molecule has 1 aliphatic heterocycles. The Morgan fingerprint density at radius 1 is 1.35 bits per heavy atom. The van der Waals surface area contributed by atoms with Crippen molar-refractivity contribution in [2.45, 2.75) is 12.3 Å². The van der Waals surface area contributed by atoms with Gasteiger partial charge in [-0.3, -0.25) is 4.18 Å². The molecule has 2 atom stereocenters. The molecule has 20 heavy (non-hydrogen) atoms. The summed E-state index contributed by atoms with van der Waals surface area (Å²) < 4.78 is 40.3. The van der Waals surface area contributed by atoms with Gasteiger partial charge >= 0.3 is 0 Å². The zero-order valence-corrected chi connectivity index (χ0v) is 12.6. The predicted molar refractivity (Wildman–Crippen MR) is 75.5 cm³/mol. The SMILES string of the molecule is CN1CCC(c2ccc(F)cc2)C(COS(C)(=O)=O)C1. The second-order valence-electron chi connectivity index (χ2n) is 5.46. The summed E-state index contributed by atoms with van der Waals surface area (Å²) in [6, 6.07) is 6.45. The molecule has 1 saturated heterocycles. The van der Waals surface area contributed by atoms with E-state index in [1.165, 1.54) is 12.1 Å². The van der Waals surface area contributed by atoms with E-state index in [1.807, 2.05) is 7.05 Å². The first-order valence-corrected chi connectivity index (χ1v) is 8.45. The van der Waals surface area contributed by atoms with Crippen molar-refractivity contribution in [3.8, 4) is 0 Å². The Labute approximate surface area is 119 Å². The molecule has 0 N–H and O–H groups in total. The van der Waals surface area contributed by atoms with Crippen LogP contribution in [-0.2, 0) is 14.3 Å². The van der Waals surface area contributed by atoms with Crippen LogP contribution >= 0.6 is 0 Å². The van der Waals surface area contributed by atoms with Gasteiger partial charge in [-0.05, 0) is 43.6 Å². The van der Waals surface area contributed by atoms with Crippen LogP contribution < -0.4 is 0 Å². The highest BCUT2D eigenvalue weighted by atomic mass is 32.2. The molecule has 0 amide bonds. The Bertz CT molecular complexity index is 544. The lowest BCUT2D eigenvalue weighted by molar-refractivity contribution is 0.133. The third kappa shape index (κ3) is 4.26. The lowest BCUT2D eigenvalue weighted by Crippen LogP contribution is -2.39. The summed E-state index contributed by atoms with van der Waals surface area (Å²) in [6.07, 6.45) is 1.98. The Morgan fingerprint density at radius 2 is 2.00 bits per heavy atom. The Balaban J connectivity index is 2.13.